The number of rotatable bonds is 8. The van der Waals surface area contributed by atoms with Gasteiger partial charge in [-0.25, -0.2) is 4.98 Å². The van der Waals surface area contributed by atoms with Gasteiger partial charge in [0.15, 0.2) is 0 Å². The second kappa shape index (κ2) is 8.48. The number of pyridine rings is 1. The maximum atomic E-state index is 11.9. The van der Waals surface area contributed by atoms with Gasteiger partial charge in [0.25, 0.3) is 5.91 Å². The summed E-state index contributed by atoms with van der Waals surface area (Å²) in [5.74, 6) is 0.698. The molecule has 0 aliphatic heterocycles. The van der Waals surface area contributed by atoms with Crippen molar-refractivity contribution in [1.29, 1.82) is 0 Å². The Morgan fingerprint density at radius 1 is 1.47 bits per heavy atom. The summed E-state index contributed by atoms with van der Waals surface area (Å²) >= 11 is 0. The summed E-state index contributed by atoms with van der Waals surface area (Å²) in [6.07, 6.45) is 3.43. The largest absolute Gasteiger partial charge is 0.385 e. The average molecular weight is 265 g/mol. The Hall–Kier alpha value is -1.62. The second-order valence-electron chi connectivity index (χ2n) is 4.51. The summed E-state index contributed by atoms with van der Waals surface area (Å²) in [6, 6.07) is 3.69. The molecule has 0 saturated carbocycles. The van der Waals surface area contributed by atoms with Crippen LogP contribution >= 0.6 is 0 Å². The van der Waals surface area contributed by atoms with E-state index in [2.05, 4.69) is 22.5 Å². The molecule has 1 rings (SSSR count). The monoisotopic (exact) mass is 265 g/mol. The van der Waals surface area contributed by atoms with Crippen molar-refractivity contribution >= 4 is 11.7 Å². The fourth-order valence-electron chi connectivity index (χ4n) is 1.56. The summed E-state index contributed by atoms with van der Waals surface area (Å²) in [7, 11) is 1.65. The normalized spacial score (nSPS) is 11.9. The molecule has 1 amide bonds. The summed E-state index contributed by atoms with van der Waals surface area (Å²) in [5, 5.41) is 6.08. The first-order valence-corrected chi connectivity index (χ1v) is 6.67. The highest BCUT2D eigenvalue weighted by Gasteiger charge is 2.09. The van der Waals surface area contributed by atoms with Gasteiger partial charge in [-0.3, -0.25) is 4.79 Å². The van der Waals surface area contributed by atoms with Crippen molar-refractivity contribution in [1.82, 2.24) is 10.3 Å². The number of carbonyl (C=O) groups is 1. The van der Waals surface area contributed by atoms with Gasteiger partial charge in [0.05, 0.1) is 5.56 Å². The quantitative estimate of drug-likeness (QED) is 0.755. The van der Waals surface area contributed by atoms with Crippen LogP contribution < -0.4 is 10.6 Å². The minimum absolute atomic E-state index is 0.0883. The molecule has 2 N–H and O–H groups in total. The molecule has 1 atom stereocenters. The maximum Gasteiger partial charge on any atom is 0.253 e. The Morgan fingerprint density at radius 2 is 2.26 bits per heavy atom. The van der Waals surface area contributed by atoms with Gasteiger partial charge in [0.1, 0.15) is 5.82 Å². The Kier molecular flexibility index (Phi) is 6.89. The highest BCUT2D eigenvalue weighted by Crippen LogP contribution is 2.05. The van der Waals surface area contributed by atoms with Gasteiger partial charge in [-0.1, -0.05) is 6.92 Å². The van der Waals surface area contributed by atoms with Crippen molar-refractivity contribution in [2.24, 2.45) is 0 Å². The topological polar surface area (TPSA) is 63.2 Å². The van der Waals surface area contributed by atoms with Crippen LogP contribution in [0.5, 0.6) is 0 Å². The third-order valence-corrected chi connectivity index (χ3v) is 2.71. The molecule has 0 aliphatic rings. The SMILES string of the molecule is CCCNc1ccc(C(=O)NC(C)CCOC)cn1. The van der Waals surface area contributed by atoms with Crippen LogP contribution in [0.4, 0.5) is 5.82 Å². The van der Waals surface area contributed by atoms with E-state index in [1.165, 1.54) is 0 Å². The zero-order valence-electron chi connectivity index (χ0n) is 11.9. The van der Waals surface area contributed by atoms with Crippen LogP contribution in [-0.4, -0.2) is 37.2 Å². The Labute approximate surface area is 114 Å². The molecule has 0 aromatic carbocycles. The van der Waals surface area contributed by atoms with Gasteiger partial charge in [-0.15, -0.1) is 0 Å². The highest BCUT2D eigenvalue weighted by molar-refractivity contribution is 5.94. The maximum absolute atomic E-state index is 11.9. The zero-order chi connectivity index (χ0) is 14.1. The van der Waals surface area contributed by atoms with Crippen LogP contribution in [-0.2, 0) is 4.74 Å². The summed E-state index contributed by atoms with van der Waals surface area (Å²) < 4.78 is 4.98. The fourth-order valence-corrected chi connectivity index (χ4v) is 1.56. The van der Waals surface area contributed by atoms with Crippen LogP contribution in [0, 0.1) is 0 Å². The Balaban J connectivity index is 2.48. The molecule has 106 valence electrons. The lowest BCUT2D eigenvalue weighted by Crippen LogP contribution is -2.33. The number of aromatic nitrogens is 1. The van der Waals surface area contributed by atoms with Gasteiger partial charge in [-0.2, -0.15) is 0 Å². The smallest absolute Gasteiger partial charge is 0.253 e. The molecular weight excluding hydrogens is 242 g/mol. The molecule has 5 nitrogen and oxygen atoms in total. The Bertz CT molecular complexity index is 379. The third kappa shape index (κ3) is 5.70. The van der Waals surface area contributed by atoms with Gasteiger partial charge in [0.2, 0.25) is 0 Å². The van der Waals surface area contributed by atoms with E-state index in [1.54, 1.807) is 19.4 Å². The lowest BCUT2D eigenvalue weighted by Gasteiger charge is -2.13. The molecule has 0 fully saturated rings. The highest BCUT2D eigenvalue weighted by atomic mass is 16.5. The van der Waals surface area contributed by atoms with Crippen LogP contribution in [0.2, 0.25) is 0 Å². The van der Waals surface area contributed by atoms with Crippen molar-refractivity contribution < 1.29 is 9.53 Å². The second-order valence-corrected chi connectivity index (χ2v) is 4.51. The fraction of sp³-hybridized carbons (Fsp3) is 0.571. The molecule has 1 unspecified atom stereocenters. The van der Waals surface area contributed by atoms with E-state index >= 15 is 0 Å². The van der Waals surface area contributed by atoms with E-state index in [0.29, 0.717) is 12.2 Å². The first kappa shape index (κ1) is 15.4. The number of hydrogen-bond donors (Lipinski definition) is 2. The molecule has 1 aromatic heterocycles. The predicted molar refractivity (Wildman–Crippen MR) is 76.4 cm³/mol. The van der Waals surface area contributed by atoms with Crippen molar-refractivity contribution in [3.8, 4) is 0 Å². The van der Waals surface area contributed by atoms with Crippen LogP contribution in [0.1, 0.15) is 37.0 Å². The number of ether oxygens (including phenoxy) is 1. The number of nitrogens with zero attached hydrogens (tertiary/aromatic N) is 1. The minimum Gasteiger partial charge on any atom is -0.385 e. The molecule has 0 bridgehead atoms. The summed E-state index contributed by atoms with van der Waals surface area (Å²) in [5.41, 5.74) is 0.575. The van der Waals surface area contributed by atoms with Gasteiger partial charge >= 0.3 is 0 Å². The zero-order valence-corrected chi connectivity index (χ0v) is 11.9. The third-order valence-electron chi connectivity index (χ3n) is 2.71. The number of carbonyl (C=O) groups excluding carboxylic acids is 1. The van der Waals surface area contributed by atoms with Crippen molar-refractivity contribution in [2.75, 3.05) is 25.6 Å². The summed E-state index contributed by atoms with van der Waals surface area (Å²) in [4.78, 5) is 16.1. The molecule has 5 heteroatoms. The molecule has 1 heterocycles. The first-order chi connectivity index (χ1) is 9.17. The van der Waals surface area contributed by atoms with Crippen molar-refractivity contribution in [2.45, 2.75) is 32.7 Å². The number of methoxy groups -OCH3 is 1. The van der Waals surface area contributed by atoms with Gasteiger partial charge in [0, 0.05) is 32.5 Å². The van der Waals surface area contributed by atoms with Gasteiger partial charge in [-0.05, 0) is 31.9 Å². The first-order valence-electron chi connectivity index (χ1n) is 6.67. The van der Waals surface area contributed by atoms with Crippen molar-refractivity contribution in [3.05, 3.63) is 23.9 Å². The summed E-state index contributed by atoms with van der Waals surface area (Å²) in [6.45, 7) is 5.57. The van der Waals surface area contributed by atoms with E-state index in [-0.39, 0.29) is 11.9 Å². The van der Waals surface area contributed by atoms with Gasteiger partial charge < -0.3 is 15.4 Å². The minimum atomic E-state index is -0.0989. The molecule has 0 radical (unpaired) electrons. The van der Waals surface area contributed by atoms with E-state index in [1.807, 2.05) is 13.0 Å². The molecule has 0 spiro atoms. The van der Waals surface area contributed by atoms with E-state index in [4.69, 9.17) is 4.74 Å². The average Bonchev–Trinajstić information content (AvgIpc) is 2.43. The number of nitrogens with one attached hydrogen (secondary N) is 2. The predicted octanol–water partition coefficient (Wildman–Crippen LogP) is 2.06. The number of hydrogen-bond acceptors (Lipinski definition) is 4. The van der Waals surface area contributed by atoms with Crippen LogP contribution in [0.15, 0.2) is 18.3 Å². The van der Waals surface area contributed by atoms with E-state index in [9.17, 15) is 4.79 Å². The standard InChI is InChI=1S/C14H23N3O2/c1-4-8-15-13-6-5-12(10-16-13)14(18)17-11(2)7-9-19-3/h5-6,10-11H,4,7-9H2,1-3H3,(H,15,16)(H,17,18). The van der Waals surface area contributed by atoms with E-state index < -0.39 is 0 Å². The van der Waals surface area contributed by atoms with Crippen molar-refractivity contribution in [3.63, 3.8) is 0 Å². The van der Waals surface area contributed by atoms with E-state index in [0.717, 1.165) is 25.2 Å². The molecular formula is C14H23N3O2. The molecule has 1 aromatic rings. The van der Waals surface area contributed by atoms with Crippen LogP contribution in [0.25, 0.3) is 0 Å². The molecule has 0 aliphatic carbocycles. The molecule has 0 saturated heterocycles. The molecule has 19 heavy (non-hydrogen) atoms. The van der Waals surface area contributed by atoms with Crippen LogP contribution in [0.3, 0.4) is 0 Å². The lowest BCUT2D eigenvalue weighted by molar-refractivity contribution is 0.0929. The Morgan fingerprint density at radius 3 is 2.84 bits per heavy atom. The number of anilines is 1. The number of amides is 1. The lowest BCUT2D eigenvalue weighted by atomic mass is 10.2.